The molecule has 0 saturated heterocycles. The molecule has 0 saturated carbocycles. The number of esters is 1. The SMILES string of the molecule is CCOCC(O)CC(=O)OC. The van der Waals surface area contributed by atoms with Crippen molar-refractivity contribution in [1.29, 1.82) is 0 Å². The molecular weight excluding hydrogens is 148 g/mol. The molecule has 1 atom stereocenters. The van der Waals surface area contributed by atoms with Crippen LogP contribution in [0.5, 0.6) is 0 Å². The second-order valence-electron chi connectivity index (χ2n) is 2.09. The monoisotopic (exact) mass is 162 g/mol. The number of aliphatic hydroxyl groups is 1. The summed E-state index contributed by atoms with van der Waals surface area (Å²) >= 11 is 0. The molecule has 0 aromatic carbocycles. The lowest BCUT2D eigenvalue weighted by Crippen LogP contribution is -2.20. The minimum atomic E-state index is -0.748. The van der Waals surface area contributed by atoms with Crippen molar-refractivity contribution < 1.29 is 19.4 Å². The number of carbonyl (C=O) groups excluding carboxylic acids is 1. The Kier molecular flexibility index (Phi) is 5.78. The Hall–Kier alpha value is -0.610. The van der Waals surface area contributed by atoms with Gasteiger partial charge >= 0.3 is 5.97 Å². The van der Waals surface area contributed by atoms with Gasteiger partial charge in [-0.3, -0.25) is 4.79 Å². The van der Waals surface area contributed by atoms with Crippen LogP contribution in [0.4, 0.5) is 0 Å². The van der Waals surface area contributed by atoms with Gasteiger partial charge in [0.1, 0.15) is 0 Å². The zero-order valence-corrected chi connectivity index (χ0v) is 6.87. The van der Waals surface area contributed by atoms with E-state index in [2.05, 4.69) is 4.74 Å². The molecule has 1 unspecified atom stereocenters. The van der Waals surface area contributed by atoms with Crippen LogP contribution in [-0.2, 0) is 14.3 Å². The Balaban J connectivity index is 3.35. The maximum Gasteiger partial charge on any atom is 0.308 e. The Morgan fingerprint density at radius 1 is 1.64 bits per heavy atom. The molecule has 1 N–H and O–H groups in total. The average molecular weight is 162 g/mol. The third-order valence-corrected chi connectivity index (χ3v) is 1.14. The molecule has 0 aliphatic carbocycles. The van der Waals surface area contributed by atoms with E-state index < -0.39 is 12.1 Å². The van der Waals surface area contributed by atoms with Crippen molar-refractivity contribution in [2.45, 2.75) is 19.4 Å². The molecule has 0 aromatic rings. The van der Waals surface area contributed by atoms with Gasteiger partial charge in [-0.05, 0) is 6.92 Å². The van der Waals surface area contributed by atoms with Crippen LogP contribution in [0.15, 0.2) is 0 Å². The van der Waals surface area contributed by atoms with E-state index in [0.717, 1.165) is 0 Å². The van der Waals surface area contributed by atoms with E-state index in [1.54, 1.807) is 0 Å². The molecule has 0 aliphatic heterocycles. The van der Waals surface area contributed by atoms with Gasteiger partial charge in [0.2, 0.25) is 0 Å². The molecule has 0 amide bonds. The van der Waals surface area contributed by atoms with Gasteiger partial charge in [-0.2, -0.15) is 0 Å². The largest absolute Gasteiger partial charge is 0.469 e. The second kappa shape index (κ2) is 6.12. The summed E-state index contributed by atoms with van der Waals surface area (Å²) in [4.78, 5) is 10.5. The summed E-state index contributed by atoms with van der Waals surface area (Å²) in [5.74, 6) is -0.419. The molecule has 0 aliphatic rings. The van der Waals surface area contributed by atoms with E-state index >= 15 is 0 Å². The molecule has 0 radical (unpaired) electrons. The molecule has 11 heavy (non-hydrogen) atoms. The number of aliphatic hydroxyl groups excluding tert-OH is 1. The molecular formula is C7H14O4. The normalized spacial score (nSPS) is 12.6. The van der Waals surface area contributed by atoms with E-state index in [-0.39, 0.29) is 13.0 Å². The maximum atomic E-state index is 10.5. The van der Waals surface area contributed by atoms with Crippen molar-refractivity contribution in [2.75, 3.05) is 20.3 Å². The number of hydrogen-bond acceptors (Lipinski definition) is 4. The highest BCUT2D eigenvalue weighted by molar-refractivity contribution is 5.69. The number of ether oxygens (including phenoxy) is 2. The van der Waals surface area contributed by atoms with Crippen molar-refractivity contribution in [2.24, 2.45) is 0 Å². The molecule has 66 valence electrons. The lowest BCUT2D eigenvalue weighted by Gasteiger charge is -2.07. The van der Waals surface area contributed by atoms with Crippen LogP contribution in [0.1, 0.15) is 13.3 Å². The fraction of sp³-hybridized carbons (Fsp3) is 0.857. The molecule has 4 heteroatoms. The third kappa shape index (κ3) is 5.82. The maximum absolute atomic E-state index is 10.5. The highest BCUT2D eigenvalue weighted by Gasteiger charge is 2.09. The number of hydrogen-bond donors (Lipinski definition) is 1. The first-order chi connectivity index (χ1) is 5.20. The van der Waals surface area contributed by atoms with Crippen LogP contribution in [0.3, 0.4) is 0 Å². The summed E-state index contributed by atoms with van der Waals surface area (Å²) < 4.78 is 9.23. The predicted octanol–water partition coefficient (Wildman–Crippen LogP) is -0.0531. The van der Waals surface area contributed by atoms with E-state index in [9.17, 15) is 4.79 Å². The van der Waals surface area contributed by atoms with Crippen LogP contribution in [0.2, 0.25) is 0 Å². The van der Waals surface area contributed by atoms with E-state index in [1.165, 1.54) is 7.11 Å². The van der Waals surface area contributed by atoms with Crippen LogP contribution < -0.4 is 0 Å². The quantitative estimate of drug-likeness (QED) is 0.576. The highest BCUT2D eigenvalue weighted by Crippen LogP contribution is 1.94. The van der Waals surface area contributed by atoms with Crippen molar-refractivity contribution >= 4 is 5.97 Å². The first-order valence-electron chi connectivity index (χ1n) is 3.53. The van der Waals surface area contributed by atoms with Gasteiger partial charge in [0.15, 0.2) is 0 Å². The fourth-order valence-corrected chi connectivity index (χ4v) is 0.589. The van der Waals surface area contributed by atoms with Crippen LogP contribution in [0.25, 0.3) is 0 Å². The van der Waals surface area contributed by atoms with Crippen molar-refractivity contribution in [1.82, 2.24) is 0 Å². The van der Waals surface area contributed by atoms with E-state index in [0.29, 0.717) is 6.61 Å². The van der Waals surface area contributed by atoms with Gasteiger partial charge < -0.3 is 14.6 Å². The molecule has 0 bridgehead atoms. The van der Waals surface area contributed by atoms with Gasteiger partial charge in [0.25, 0.3) is 0 Å². The molecule has 0 aromatic heterocycles. The average Bonchev–Trinajstić information content (AvgIpc) is 2.00. The van der Waals surface area contributed by atoms with Gasteiger partial charge in [0, 0.05) is 6.61 Å². The standard InChI is InChI=1S/C7H14O4/c1-3-11-5-6(8)4-7(9)10-2/h6,8H,3-5H2,1-2H3. The number of methoxy groups -OCH3 is 1. The summed E-state index contributed by atoms with van der Waals surface area (Å²) in [5, 5.41) is 9.06. The molecule has 0 rings (SSSR count). The lowest BCUT2D eigenvalue weighted by molar-refractivity contribution is -0.143. The Morgan fingerprint density at radius 3 is 2.73 bits per heavy atom. The Morgan fingerprint density at radius 2 is 2.27 bits per heavy atom. The first kappa shape index (κ1) is 10.4. The second-order valence-corrected chi connectivity index (χ2v) is 2.09. The topological polar surface area (TPSA) is 55.8 Å². The zero-order valence-electron chi connectivity index (χ0n) is 6.87. The number of carbonyl (C=O) groups is 1. The predicted molar refractivity (Wildman–Crippen MR) is 39.1 cm³/mol. The molecule has 0 spiro atoms. The van der Waals surface area contributed by atoms with Crippen molar-refractivity contribution in [3.05, 3.63) is 0 Å². The third-order valence-electron chi connectivity index (χ3n) is 1.14. The molecule has 0 fully saturated rings. The summed E-state index contributed by atoms with van der Waals surface area (Å²) in [7, 11) is 1.29. The lowest BCUT2D eigenvalue weighted by atomic mass is 10.3. The first-order valence-corrected chi connectivity index (χ1v) is 3.53. The van der Waals surface area contributed by atoms with Gasteiger partial charge in [-0.1, -0.05) is 0 Å². The minimum Gasteiger partial charge on any atom is -0.469 e. The van der Waals surface area contributed by atoms with E-state index in [4.69, 9.17) is 9.84 Å². The molecule has 0 heterocycles. The van der Waals surface area contributed by atoms with E-state index in [1.807, 2.05) is 6.92 Å². The number of rotatable bonds is 5. The fourth-order valence-electron chi connectivity index (χ4n) is 0.589. The van der Waals surface area contributed by atoms with Gasteiger partial charge in [-0.25, -0.2) is 0 Å². The smallest absolute Gasteiger partial charge is 0.308 e. The van der Waals surface area contributed by atoms with Crippen LogP contribution >= 0.6 is 0 Å². The van der Waals surface area contributed by atoms with Crippen LogP contribution in [-0.4, -0.2) is 37.5 Å². The summed E-state index contributed by atoms with van der Waals surface area (Å²) in [6, 6.07) is 0. The minimum absolute atomic E-state index is 0.00347. The summed E-state index contributed by atoms with van der Waals surface area (Å²) in [6.45, 7) is 2.55. The van der Waals surface area contributed by atoms with Gasteiger partial charge in [0.05, 0.1) is 26.2 Å². The highest BCUT2D eigenvalue weighted by atomic mass is 16.5. The summed E-state index contributed by atoms with van der Waals surface area (Å²) in [6.07, 6.45) is -0.751. The van der Waals surface area contributed by atoms with Crippen LogP contribution in [0, 0.1) is 0 Å². The van der Waals surface area contributed by atoms with Crippen molar-refractivity contribution in [3.63, 3.8) is 0 Å². The molecule has 4 nitrogen and oxygen atoms in total. The van der Waals surface area contributed by atoms with Gasteiger partial charge in [-0.15, -0.1) is 0 Å². The Labute approximate surface area is 66.1 Å². The Bertz CT molecular complexity index is 113. The zero-order chi connectivity index (χ0) is 8.69. The summed E-state index contributed by atoms with van der Waals surface area (Å²) in [5.41, 5.74) is 0. The van der Waals surface area contributed by atoms with Crippen molar-refractivity contribution in [3.8, 4) is 0 Å².